The van der Waals surface area contributed by atoms with Gasteiger partial charge in [-0.3, -0.25) is 4.58 Å². The standard InChI is InChI=1S/C20H22Cl2N3/c1-24(2)19(21)17(15-11-7-5-8-12-15)18(23-20(22)25(3)4)16-13-9-6-10-14-16/h5-14H,1-4H3/q+1. The van der Waals surface area contributed by atoms with Crippen LogP contribution in [0.15, 0.2) is 70.8 Å². The van der Waals surface area contributed by atoms with E-state index >= 15 is 0 Å². The second-order valence-electron chi connectivity index (χ2n) is 5.92. The smallest absolute Gasteiger partial charge is 0.368 e. The van der Waals surface area contributed by atoms with Gasteiger partial charge in [0.05, 0.1) is 19.7 Å². The van der Waals surface area contributed by atoms with Crippen LogP contribution < -0.4 is 0 Å². The molecule has 5 heteroatoms. The molecule has 0 aliphatic heterocycles. The van der Waals surface area contributed by atoms with Crippen LogP contribution in [0.5, 0.6) is 0 Å². The van der Waals surface area contributed by atoms with Gasteiger partial charge in [0.2, 0.25) is 0 Å². The van der Waals surface area contributed by atoms with Crippen molar-refractivity contribution in [2.24, 2.45) is 4.99 Å². The molecule has 0 atom stereocenters. The van der Waals surface area contributed by atoms with Gasteiger partial charge in [-0.15, -0.1) is 0 Å². The highest BCUT2D eigenvalue weighted by Crippen LogP contribution is 2.28. The number of hydrogen-bond acceptors (Lipinski definition) is 1. The molecule has 3 nitrogen and oxygen atoms in total. The normalized spacial score (nSPS) is 12.5. The fourth-order valence-corrected chi connectivity index (χ4v) is 2.52. The quantitative estimate of drug-likeness (QED) is 0.333. The van der Waals surface area contributed by atoms with Crippen molar-refractivity contribution in [1.82, 2.24) is 4.90 Å². The lowest BCUT2D eigenvalue weighted by Crippen LogP contribution is -2.16. The lowest BCUT2D eigenvalue weighted by atomic mass is 9.96. The maximum Gasteiger partial charge on any atom is 0.391 e. The first kappa shape index (κ1) is 19.2. The molecule has 2 rings (SSSR count). The van der Waals surface area contributed by atoms with Crippen LogP contribution in [-0.4, -0.2) is 48.7 Å². The Kier molecular flexibility index (Phi) is 6.80. The molecule has 0 fully saturated rings. The van der Waals surface area contributed by atoms with Gasteiger partial charge < -0.3 is 4.90 Å². The molecule has 0 aliphatic carbocycles. The van der Waals surface area contributed by atoms with Crippen molar-refractivity contribution in [1.29, 1.82) is 0 Å². The van der Waals surface area contributed by atoms with Gasteiger partial charge in [-0.05, 0) is 10.6 Å². The minimum atomic E-state index is 0.385. The zero-order chi connectivity index (χ0) is 18.4. The van der Waals surface area contributed by atoms with E-state index in [0.717, 1.165) is 22.4 Å². The van der Waals surface area contributed by atoms with Crippen molar-refractivity contribution >= 4 is 39.8 Å². The molecule has 2 aromatic rings. The highest BCUT2D eigenvalue weighted by atomic mass is 35.5. The van der Waals surface area contributed by atoms with Crippen molar-refractivity contribution in [2.45, 2.75) is 0 Å². The zero-order valence-electron chi connectivity index (χ0n) is 14.9. The first-order chi connectivity index (χ1) is 11.9. The predicted molar refractivity (Wildman–Crippen MR) is 109 cm³/mol. The predicted octanol–water partition coefficient (Wildman–Crippen LogP) is 4.51. The Hall–Kier alpha value is -2.10. The minimum absolute atomic E-state index is 0.385. The summed E-state index contributed by atoms with van der Waals surface area (Å²) < 4.78 is 1.76. The molecule has 130 valence electrons. The summed E-state index contributed by atoms with van der Waals surface area (Å²) in [5, 5.41) is 0.979. The van der Waals surface area contributed by atoms with Gasteiger partial charge in [0.1, 0.15) is 5.16 Å². The Morgan fingerprint density at radius 1 is 0.840 bits per heavy atom. The van der Waals surface area contributed by atoms with Crippen molar-refractivity contribution < 1.29 is 4.58 Å². The van der Waals surface area contributed by atoms with Gasteiger partial charge in [0.25, 0.3) is 0 Å². The number of nitrogens with zero attached hydrogens (tertiary/aromatic N) is 3. The van der Waals surface area contributed by atoms with E-state index in [1.54, 1.807) is 4.58 Å². The Balaban J connectivity index is 2.80. The molecule has 0 aliphatic rings. The number of hydrogen-bond donors (Lipinski definition) is 0. The monoisotopic (exact) mass is 374 g/mol. The van der Waals surface area contributed by atoms with E-state index < -0.39 is 0 Å². The topological polar surface area (TPSA) is 18.6 Å². The molecule has 0 bridgehead atoms. The minimum Gasteiger partial charge on any atom is -0.368 e. The largest absolute Gasteiger partial charge is 0.391 e. The molecule has 0 N–H and O–H groups in total. The van der Waals surface area contributed by atoms with Gasteiger partial charge in [-0.1, -0.05) is 72.3 Å². The van der Waals surface area contributed by atoms with Gasteiger partial charge in [0, 0.05) is 31.3 Å². The molecule has 0 spiro atoms. The number of allylic oxidation sites excluding steroid dienone is 1. The molecule has 0 radical (unpaired) electrons. The van der Waals surface area contributed by atoms with Crippen LogP contribution in [0, 0.1) is 0 Å². The third-order valence-corrected chi connectivity index (χ3v) is 4.47. The lowest BCUT2D eigenvalue weighted by Gasteiger charge is -2.17. The summed E-state index contributed by atoms with van der Waals surface area (Å²) in [6.07, 6.45) is 0. The Morgan fingerprint density at radius 2 is 1.32 bits per heavy atom. The molecule has 0 heterocycles. The maximum atomic E-state index is 6.68. The van der Waals surface area contributed by atoms with Crippen LogP contribution in [0.3, 0.4) is 0 Å². The van der Waals surface area contributed by atoms with Crippen LogP contribution in [0.2, 0.25) is 0 Å². The number of halogens is 2. The van der Waals surface area contributed by atoms with E-state index in [2.05, 4.69) is 4.99 Å². The summed E-state index contributed by atoms with van der Waals surface area (Å²) in [5.41, 5.74) is 3.48. The highest BCUT2D eigenvalue weighted by Gasteiger charge is 2.23. The highest BCUT2D eigenvalue weighted by molar-refractivity contribution is 6.65. The summed E-state index contributed by atoms with van der Waals surface area (Å²) in [6, 6.07) is 19.9. The molecule has 0 saturated carbocycles. The molecule has 25 heavy (non-hydrogen) atoms. The summed E-state index contributed by atoms with van der Waals surface area (Å²) in [7, 11) is 7.53. The Bertz CT molecular complexity index is 803. The first-order valence-electron chi connectivity index (χ1n) is 7.88. The molecule has 0 amide bonds. The van der Waals surface area contributed by atoms with Gasteiger partial charge >= 0.3 is 5.29 Å². The zero-order valence-corrected chi connectivity index (χ0v) is 16.4. The van der Waals surface area contributed by atoms with Crippen LogP contribution in [0.25, 0.3) is 5.57 Å². The second kappa shape index (κ2) is 8.84. The second-order valence-corrected chi connectivity index (χ2v) is 6.61. The summed E-state index contributed by atoms with van der Waals surface area (Å²) in [6.45, 7) is 0. The lowest BCUT2D eigenvalue weighted by molar-refractivity contribution is -0.462. The number of amidine groups is 1. The van der Waals surface area contributed by atoms with E-state index in [9.17, 15) is 0 Å². The van der Waals surface area contributed by atoms with E-state index in [0.29, 0.717) is 10.5 Å². The molecule has 0 unspecified atom stereocenters. The third kappa shape index (κ3) is 4.94. The van der Waals surface area contributed by atoms with Crippen LogP contribution in [-0.2, 0) is 0 Å². The summed E-state index contributed by atoms with van der Waals surface area (Å²) in [5.74, 6) is 0. The van der Waals surface area contributed by atoms with Crippen molar-refractivity contribution in [3.63, 3.8) is 0 Å². The first-order valence-corrected chi connectivity index (χ1v) is 8.64. The van der Waals surface area contributed by atoms with Gasteiger partial charge in [-0.2, -0.15) is 0 Å². The van der Waals surface area contributed by atoms with E-state index in [1.807, 2.05) is 93.8 Å². The SMILES string of the molecule is CN(C)/C(Cl)=C(/C(=N\C(Cl)=[N+](C)C)c1ccccc1)c1ccccc1. The van der Waals surface area contributed by atoms with Crippen molar-refractivity contribution in [2.75, 3.05) is 28.2 Å². The average Bonchev–Trinajstić information content (AvgIpc) is 2.62. The number of aliphatic imine (C=N–C) groups is 1. The Morgan fingerprint density at radius 3 is 1.76 bits per heavy atom. The van der Waals surface area contributed by atoms with Crippen molar-refractivity contribution in [3.8, 4) is 0 Å². The van der Waals surface area contributed by atoms with Gasteiger partial charge in [-0.25, -0.2) is 0 Å². The average molecular weight is 375 g/mol. The maximum absolute atomic E-state index is 6.68. The van der Waals surface area contributed by atoms with Crippen LogP contribution >= 0.6 is 23.2 Å². The molecular formula is C20H22Cl2N3+. The number of benzene rings is 2. The van der Waals surface area contributed by atoms with Crippen molar-refractivity contribution in [3.05, 3.63) is 76.9 Å². The molecular weight excluding hydrogens is 353 g/mol. The van der Waals surface area contributed by atoms with E-state index in [1.165, 1.54) is 0 Å². The van der Waals surface area contributed by atoms with E-state index in [-0.39, 0.29) is 0 Å². The fraction of sp³-hybridized carbons (Fsp3) is 0.200. The summed E-state index contributed by atoms with van der Waals surface area (Å²) in [4.78, 5) is 6.55. The molecule has 0 saturated heterocycles. The molecule has 2 aromatic carbocycles. The third-order valence-electron chi connectivity index (χ3n) is 3.52. The fourth-order valence-electron chi connectivity index (χ4n) is 2.24. The number of rotatable bonds is 4. The van der Waals surface area contributed by atoms with Gasteiger partial charge in [0.15, 0.2) is 5.71 Å². The molecule has 0 aromatic heterocycles. The summed E-state index contributed by atoms with van der Waals surface area (Å²) >= 11 is 13.0. The van der Waals surface area contributed by atoms with E-state index in [4.69, 9.17) is 23.2 Å². The van der Waals surface area contributed by atoms with Crippen LogP contribution in [0.4, 0.5) is 0 Å². The van der Waals surface area contributed by atoms with Crippen LogP contribution in [0.1, 0.15) is 11.1 Å². The Labute approximate surface area is 159 Å².